The van der Waals surface area contributed by atoms with Crippen molar-refractivity contribution >= 4 is 34.1 Å². The Morgan fingerprint density at radius 3 is 2.57 bits per heavy atom. The molecule has 0 saturated heterocycles. The zero-order valence-corrected chi connectivity index (χ0v) is 20.9. The number of nitrogens with zero attached hydrogens (tertiary/aromatic N) is 6. The van der Waals surface area contributed by atoms with Crippen LogP contribution in [0.15, 0.2) is 67.4 Å². The van der Waals surface area contributed by atoms with Crippen molar-refractivity contribution in [2.24, 2.45) is 7.05 Å². The van der Waals surface area contributed by atoms with E-state index in [0.29, 0.717) is 39.7 Å². The van der Waals surface area contributed by atoms with Gasteiger partial charge in [0.25, 0.3) is 5.91 Å². The van der Waals surface area contributed by atoms with Crippen LogP contribution in [0.2, 0.25) is 0 Å². The van der Waals surface area contributed by atoms with Crippen molar-refractivity contribution in [2.75, 3.05) is 10.6 Å². The van der Waals surface area contributed by atoms with Crippen molar-refractivity contribution in [2.45, 2.75) is 26.4 Å². The Morgan fingerprint density at radius 2 is 1.81 bits per heavy atom. The first-order valence-corrected chi connectivity index (χ1v) is 11.7. The highest BCUT2D eigenvalue weighted by atomic mass is 16.3. The second-order valence-corrected chi connectivity index (χ2v) is 9.28. The molecule has 0 spiro atoms. The van der Waals surface area contributed by atoms with Gasteiger partial charge in [-0.15, -0.1) is 0 Å². The molecule has 0 aliphatic rings. The maximum absolute atomic E-state index is 13.1. The summed E-state index contributed by atoms with van der Waals surface area (Å²) in [5.41, 5.74) is 3.73. The van der Waals surface area contributed by atoms with E-state index in [-0.39, 0.29) is 5.91 Å². The van der Waals surface area contributed by atoms with Gasteiger partial charge >= 0.3 is 0 Å². The summed E-state index contributed by atoms with van der Waals surface area (Å²) in [7, 11) is 1.81. The number of carbonyl (C=O) groups excluding carboxylic acids is 1. The number of hydrogen-bond donors (Lipinski definition) is 3. The highest BCUT2D eigenvalue weighted by Gasteiger charge is 2.18. The standard InChI is InChI=1S/C27H26N8O2/c1-16-8-9-17(26(36)31-20-7-5-6-19(11-20)27(2,3)37)10-22(16)32-24-21-14-30-35(4)25(21)34-23(33-24)18-12-28-15-29-13-18/h5-15,37H,1-4H3,(H,31,36)(H,32,33,34). The zero-order chi connectivity index (χ0) is 26.2. The molecule has 3 aromatic heterocycles. The normalized spacial score (nSPS) is 11.5. The molecule has 0 unspecified atom stereocenters. The number of amides is 1. The second-order valence-electron chi connectivity index (χ2n) is 9.28. The zero-order valence-electron chi connectivity index (χ0n) is 20.9. The quantitative estimate of drug-likeness (QED) is 0.318. The average molecular weight is 495 g/mol. The van der Waals surface area contributed by atoms with Crippen molar-refractivity contribution in [3.63, 3.8) is 0 Å². The highest BCUT2D eigenvalue weighted by Crippen LogP contribution is 2.29. The van der Waals surface area contributed by atoms with Gasteiger partial charge in [0.05, 0.1) is 22.7 Å². The number of aromatic nitrogens is 6. The van der Waals surface area contributed by atoms with Crippen LogP contribution >= 0.6 is 0 Å². The summed E-state index contributed by atoms with van der Waals surface area (Å²) >= 11 is 0. The smallest absolute Gasteiger partial charge is 0.255 e. The lowest BCUT2D eigenvalue weighted by molar-refractivity contribution is 0.0786. The van der Waals surface area contributed by atoms with Crippen molar-refractivity contribution in [3.05, 3.63) is 84.1 Å². The van der Waals surface area contributed by atoms with Crippen LogP contribution in [0.5, 0.6) is 0 Å². The fourth-order valence-corrected chi connectivity index (χ4v) is 3.87. The summed E-state index contributed by atoms with van der Waals surface area (Å²) in [4.78, 5) is 30.6. The van der Waals surface area contributed by atoms with Gasteiger partial charge in [0.1, 0.15) is 12.1 Å². The topological polar surface area (TPSA) is 131 Å². The molecule has 3 N–H and O–H groups in total. The van der Waals surface area contributed by atoms with Crippen LogP contribution in [0.4, 0.5) is 17.2 Å². The van der Waals surface area contributed by atoms with Gasteiger partial charge in [-0.05, 0) is 56.2 Å². The third-order valence-corrected chi connectivity index (χ3v) is 5.99. The Balaban J connectivity index is 1.47. The molecule has 0 bridgehead atoms. The molecule has 37 heavy (non-hydrogen) atoms. The van der Waals surface area contributed by atoms with Gasteiger partial charge in [-0.1, -0.05) is 18.2 Å². The number of aliphatic hydroxyl groups is 1. The molecule has 0 atom stereocenters. The summed E-state index contributed by atoms with van der Waals surface area (Å²) in [6.45, 7) is 5.35. The molecule has 1 amide bonds. The van der Waals surface area contributed by atoms with E-state index in [1.807, 2.05) is 26.1 Å². The van der Waals surface area contributed by atoms with Crippen LogP contribution < -0.4 is 10.6 Å². The van der Waals surface area contributed by atoms with E-state index < -0.39 is 5.60 Å². The monoisotopic (exact) mass is 494 g/mol. The van der Waals surface area contributed by atoms with Crippen molar-refractivity contribution in [1.82, 2.24) is 29.7 Å². The summed E-state index contributed by atoms with van der Waals surface area (Å²) < 4.78 is 1.67. The number of fused-ring (bicyclic) bond motifs is 1. The van der Waals surface area contributed by atoms with Gasteiger partial charge in [0, 0.05) is 36.4 Å². The minimum Gasteiger partial charge on any atom is -0.386 e. The predicted molar refractivity (Wildman–Crippen MR) is 141 cm³/mol. The van der Waals surface area contributed by atoms with Gasteiger partial charge in [0.15, 0.2) is 11.5 Å². The number of benzene rings is 2. The SMILES string of the molecule is Cc1ccc(C(=O)Nc2cccc(C(C)(C)O)c2)cc1Nc1nc(-c2cncnc2)nc2c1cnn2C. The van der Waals surface area contributed by atoms with E-state index >= 15 is 0 Å². The summed E-state index contributed by atoms with van der Waals surface area (Å²) in [6, 6.07) is 12.6. The molecule has 0 aliphatic carbocycles. The third kappa shape index (κ3) is 5.00. The average Bonchev–Trinajstić information content (AvgIpc) is 3.26. The number of aryl methyl sites for hydroxylation is 2. The van der Waals surface area contributed by atoms with Crippen LogP contribution in [0.25, 0.3) is 22.4 Å². The van der Waals surface area contributed by atoms with E-state index in [1.54, 1.807) is 67.5 Å². The molecule has 0 radical (unpaired) electrons. The Labute approximate surface area is 213 Å². The minimum atomic E-state index is -1.01. The molecular weight excluding hydrogens is 468 g/mol. The lowest BCUT2D eigenvalue weighted by Gasteiger charge is -2.18. The number of carbonyl (C=O) groups is 1. The number of anilines is 3. The Hall–Kier alpha value is -4.70. The van der Waals surface area contributed by atoms with E-state index in [0.717, 1.165) is 16.6 Å². The van der Waals surface area contributed by atoms with Gasteiger partial charge in [0.2, 0.25) is 0 Å². The van der Waals surface area contributed by atoms with Crippen LogP contribution in [0.3, 0.4) is 0 Å². The van der Waals surface area contributed by atoms with Crippen molar-refractivity contribution < 1.29 is 9.90 Å². The van der Waals surface area contributed by atoms with Crippen LogP contribution in [0.1, 0.15) is 35.3 Å². The van der Waals surface area contributed by atoms with E-state index in [9.17, 15) is 9.90 Å². The molecule has 0 saturated carbocycles. The highest BCUT2D eigenvalue weighted by molar-refractivity contribution is 6.05. The second kappa shape index (κ2) is 9.40. The largest absolute Gasteiger partial charge is 0.386 e. The van der Waals surface area contributed by atoms with Gasteiger partial charge < -0.3 is 15.7 Å². The fourth-order valence-electron chi connectivity index (χ4n) is 3.87. The molecular formula is C27H26N8O2. The fraction of sp³-hybridized carbons (Fsp3) is 0.185. The molecule has 5 aromatic rings. The summed E-state index contributed by atoms with van der Waals surface area (Å²) in [5, 5.41) is 21.6. The molecule has 10 heteroatoms. The molecule has 10 nitrogen and oxygen atoms in total. The number of nitrogens with one attached hydrogen (secondary N) is 2. The summed E-state index contributed by atoms with van der Waals surface area (Å²) in [6.07, 6.45) is 6.45. The lowest BCUT2D eigenvalue weighted by atomic mass is 9.98. The van der Waals surface area contributed by atoms with Crippen LogP contribution in [0, 0.1) is 6.92 Å². The first kappa shape index (κ1) is 24.0. The number of rotatable bonds is 6. The van der Waals surface area contributed by atoms with E-state index in [1.165, 1.54) is 6.33 Å². The maximum atomic E-state index is 13.1. The predicted octanol–water partition coefficient (Wildman–Crippen LogP) is 4.35. The van der Waals surface area contributed by atoms with E-state index in [2.05, 4.69) is 30.7 Å². The van der Waals surface area contributed by atoms with Gasteiger partial charge in [-0.25, -0.2) is 19.9 Å². The molecule has 2 aromatic carbocycles. The molecule has 3 heterocycles. The maximum Gasteiger partial charge on any atom is 0.255 e. The van der Waals surface area contributed by atoms with Gasteiger partial charge in [-0.3, -0.25) is 9.48 Å². The van der Waals surface area contributed by atoms with Gasteiger partial charge in [-0.2, -0.15) is 5.10 Å². The van der Waals surface area contributed by atoms with Crippen molar-refractivity contribution in [3.8, 4) is 11.4 Å². The first-order valence-electron chi connectivity index (χ1n) is 11.7. The van der Waals surface area contributed by atoms with Crippen molar-refractivity contribution in [1.29, 1.82) is 0 Å². The van der Waals surface area contributed by atoms with E-state index in [4.69, 9.17) is 4.98 Å². The molecule has 186 valence electrons. The minimum absolute atomic E-state index is 0.271. The molecule has 0 fully saturated rings. The Bertz CT molecular complexity index is 1610. The van der Waals surface area contributed by atoms with Crippen LogP contribution in [-0.4, -0.2) is 40.7 Å². The lowest BCUT2D eigenvalue weighted by Crippen LogP contribution is -2.17. The number of hydrogen-bond acceptors (Lipinski definition) is 8. The Kier molecular flexibility index (Phi) is 6.10. The molecule has 0 aliphatic heterocycles. The Morgan fingerprint density at radius 1 is 1.03 bits per heavy atom. The first-order chi connectivity index (χ1) is 17.7. The molecule has 5 rings (SSSR count). The third-order valence-electron chi connectivity index (χ3n) is 5.99. The van der Waals surface area contributed by atoms with Crippen LogP contribution in [-0.2, 0) is 12.6 Å². The summed E-state index contributed by atoms with van der Waals surface area (Å²) in [5.74, 6) is 0.736.